The van der Waals surface area contributed by atoms with E-state index in [-0.39, 0.29) is 17.3 Å². The second kappa shape index (κ2) is 14.0. The molecule has 0 bridgehead atoms. The maximum atomic E-state index is 14.0. The lowest BCUT2D eigenvalue weighted by Gasteiger charge is -2.32. The first-order chi connectivity index (χ1) is 18.9. The summed E-state index contributed by atoms with van der Waals surface area (Å²) in [6.07, 6.45) is 1.69. The summed E-state index contributed by atoms with van der Waals surface area (Å²) in [6.45, 7) is 7.18. The molecule has 0 unspecified atom stereocenters. The van der Waals surface area contributed by atoms with Gasteiger partial charge in [-0.15, -0.1) is 0 Å². The summed E-state index contributed by atoms with van der Waals surface area (Å²) in [4.78, 5) is 28.4. The number of sulfonamides is 1. The fourth-order valence-electron chi connectivity index (χ4n) is 4.12. The summed E-state index contributed by atoms with van der Waals surface area (Å²) in [5.74, 6) is -0.931. The zero-order valence-electron chi connectivity index (χ0n) is 23.2. The number of unbranched alkanes of at least 4 members (excludes halogenated alkanes) is 1. The van der Waals surface area contributed by atoms with E-state index in [1.807, 2.05) is 26.8 Å². The zero-order chi connectivity index (χ0) is 29.4. The van der Waals surface area contributed by atoms with Crippen LogP contribution in [0.5, 0.6) is 0 Å². The normalized spacial score (nSPS) is 12.1. The number of nitrogens with zero attached hydrogens (tertiary/aromatic N) is 2. The molecule has 0 heterocycles. The van der Waals surface area contributed by atoms with Crippen LogP contribution in [0.3, 0.4) is 0 Å². The Morgan fingerprint density at radius 2 is 1.55 bits per heavy atom. The molecular formula is C30H35Cl2N3O4S. The minimum atomic E-state index is -4.14. The molecule has 3 aromatic rings. The molecule has 3 rings (SSSR count). The van der Waals surface area contributed by atoms with Crippen molar-refractivity contribution in [3.8, 4) is 0 Å². The SMILES string of the molecule is CCCCNC(=O)[C@@H](C)N(Cc1c(Cl)cccc1Cl)C(=O)CN(c1cccc(C)c1)S(=O)(=O)c1ccc(C)cc1. The van der Waals surface area contributed by atoms with Gasteiger partial charge in [-0.25, -0.2) is 8.42 Å². The van der Waals surface area contributed by atoms with Crippen LogP contribution in [0.25, 0.3) is 0 Å². The minimum Gasteiger partial charge on any atom is -0.354 e. The fourth-order valence-corrected chi connectivity index (χ4v) is 6.04. The van der Waals surface area contributed by atoms with Gasteiger partial charge in [0, 0.05) is 28.7 Å². The molecule has 10 heteroatoms. The Morgan fingerprint density at radius 3 is 2.15 bits per heavy atom. The molecule has 1 N–H and O–H groups in total. The van der Waals surface area contributed by atoms with Crippen LogP contribution in [0.2, 0.25) is 10.0 Å². The van der Waals surface area contributed by atoms with Crippen LogP contribution in [-0.4, -0.2) is 44.3 Å². The number of rotatable bonds is 12. The van der Waals surface area contributed by atoms with Crippen molar-refractivity contribution in [1.82, 2.24) is 10.2 Å². The van der Waals surface area contributed by atoms with Crippen LogP contribution >= 0.6 is 23.2 Å². The molecule has 0 saturated carbocycles. The largest absolute Gasteiger partial charge is 0.354 e. The molecule has 0 aromatic heterocycles. The quantitative estimate of drug-likeness (QED) is 0.252. The predicted molar refractivity (Wildman–Crippen MR) is 161 cm³/mol. The van der Waals surface area contributed by atoms with Gasteiger partial charge in [0.25, 0.3) is 10.0 Å². The van der Waals surface area contributed by atoms with Crippen LogP contribution in [0.15, 0.2) is 71.6 Å². The summed E-state index contributed by atoms with van der Waals surface area (Å²) < 4.78 is 28.9. The number of hydrogen-bond donors (Lipinski definition) is 1. The van der Waals surface area contributed by atoms with Crippen molar-refractivity contribution in [1.29, 1.82) is 0 Å². The van der Waals surface area contributed by atoms with Gasteiger partial charge >= 0.3 is 0 Å². The molecule has 0 radical (unpaired) electrons. The van der Waals surface area contributed by atoms with E-state index >= 15 is 0 Å². The average molecular weight is 605 g/mol. The van der Waals surface area contributed by atoms with Crippen LogP contribution in [0, 0.1) is 13.8 Å². The first-order valence-electron chi connectivity index (χ1n) is 13.1. The van der Waals surface area contributed by atoms with Gasteiger partial charge in [-0.2, -0.15) is 0 Å². The maximum Gasteiger partial charge on any atom is 0.264 e. The van der Waals surface area contributed by atoms with E-state index in [2.05, 4.69) is 5.32 Å². The zero-order valence-corrected chi connectivity index (χ0v) is 25.5. The lowest BCUT2D eigenvalue weighted by Crippen LogP contribution is -2.51. The van der Waals surface area contributed by atoms with Gasteiger partial charge < -0.3 is 10.2 Å². The number of carbonyl (C=O) groups excluding carboxylic acids is 2. The molecule has 0 aliphatic heterocycles. The van der Waals surface area contributed by atoms with Crippen molar-refractivity contribution in [3.63, 3.8) is 0 Å². The number of nitrogens with one attached hydrogen (secondary N) is 1. The summed E-state index contributed by atoms with van der Waals surface area (Å²) >= 11 is 12.8. The van der Waals surface area contributed by atoms with Gasteiger partial charge in [0.1, 0.15) is 12.6 Å². The monoisotopic (exact) mass is 603 g/mol. The lowest BCUT2D eigenvalue weighted by molar-refractivity contribution is -0.139. The molecule has 214 valence electrons. The average Bonchev–Trinajstić information content (AvgIpc) is 2.91. The summed E-state index contributed by atoms with van der Waals surface area (Å²) in [7, 11) is -4.14. The van der Waals surface area contributed by atoms with E-state index < -0.39 is 28.5 Å². The Balaban J connectivity index is 2.04. The maximum absolute atomic E-state index is 14.0. The molecular weight excluding hydrogens is 569 g/mol. The highest BCUT2D eigenvalue weighted by Gasteiger charge is 2.33. The van der Waals surface area contributed by atoms with Crippen molar-refractivity contribution in [3.05, 3.63) is 93.5 Å². The number of carbonyl (C=O) groups is 2. The number of halogens is 2. The van der Waals surface area contributed by atoms with Crippen molar-refractivity contribution in [2.24, 2.45) is 0 Å². The molecule has 40 heavy (non-hydrogen) atoms. The highest BCUT2D eigenvalue weighted by molar-refractivity contribution is 7.92. The number of hydrogen-bond acceptors (Lipinski definition) is 4. The smallest absolute Gasteiger partial charge is 0.264 e. The van der Waals surface area contributed by atoms with Crippen LogP contribution in [0.1, 0.15) is 43.4 Å². The molecule has 1 atom stereocenters. The standard InChI is InChI=1S/C30H35Cl2N3O4S/c1-5-6-17-33-30(37)23(4)34(19-26-27(31)11-8-12-28(26)32)29(36)20-35(24-10-7-9-22(3)18-24)40(38,39)25-15-13-21(2)14-16-25/h7-16,18,23H,5-6,17,19-20H2,1-4H3,(H,33,37)/t23-/m1/s1. The van der Waals surface area contributed by atoms with E-state index in [4.69, 9.17) is 23.2 Å². The van der Waals surface area contributed by atoms with Crippen molar-refractivity contribution in [2.45, 2.75) is 58.0 Å². The molecule has 2 amide bonds. The minimum absolute atomic E-state index is 0.0541. The summed E-state index contributed by atoms with van der Waals surface area (Å²) in [6, 6.07) is 17.4. The van der Waals surface area contributed by atoms with Crippen LogP contribution in [0.4, 0.5) is 5.69 Å². The molecule has 0 fully saturated rings. The van der Waals surface area contributed by atoms with Gasteiger partial charge in [-0.1, -0.05) is 72.4 Å². The fraction of sp³-hybridized carbons (Fsp3) is 0.333. The van der Waals surface area contributed by atoms with Crippen molar-refractivity contribution < 1.29 is 18.0 Å². The predicted octanol–water partition coefficient (Wildman–Crippen LogP) is 6.14. The topological polar surface area (TPSA) is 86.8 Å². The third-order valence-corrected chi connectivity index (χ3v) is 9.06. The second-order valence-corrected chi connectivity index (χ2v) is 12.4. The van der Waals surface area contributed by atoms with Gasteiger partial charge in [0.2, 0.25) is 11.8 Å². The van der Waals surface area contributed by atoms with Crippen LogP contribution < -0.4 is 9.62 Å². The summed E-state index contributed by atoms with van der Waals surface area (Å²) in [5.41, 5.74) is 2.54. The molecule has 0 aliphatic carbocycles. The van der Waals surface area contributed by atoms with Gasteiger partial charge in [0.15, 0.2) is 0 Å². The van der Waals surface area contributed by atoms with Crippen molar-refractivity contribution in [2.75, 3.05) is 17.4 Å². The van der Waals surface area contributed by atoms with E-state index in [0.29, 0.717) is 27.8 Å². The van der Waals surface area contributed by atoms with Crippen molar-refractivity contribution >= 4 is 50.7 Å². The van der Waals surface area contributed by atoms with E-state index in [0.717, 1.165) is 28.3 Å². The number of anilines is 1. The third-order valence-electron chi connectivity index (χ3n) is 6.56. The molecule has 3 aromatic carbocycles. The Morgan fingerprint density at radius 1 is 0.925 bits per heavy atom. The van der Waals surface area contributed by atoms with E-state index in [1.165, 1.54) is 17.0 Å². The lowest BCUT2D eigenvalue weighted by atomic mass is 10.1. The third kappa shape index (κ3) is 7.77. The van der Waals surface area contributed by atoms with Gasteiger partial charge in [0.05, 0.1) is 10.6 Å². The highest BCUT2D eigenvalue weighted by Crippen LogP contribution is 2.28. The highest BCUT2D eigenvalue weighted by atomic mass is 35.5. The Bertz CT molecular complexity index is 1430. The van der Waals surface area contributed by atoms with E-state index in [1.54, 1.807) is 55.5 Å². The van der Waals surface area contributed by atoms with E-state index in [9.17, 15) is 18.0 Å². The number of amides is 2. The van der Waals surface area contributed by atoms with Crippen LogP contribution in [-0.2, 0) is 26.2 Å². The van der Waals surface area contributed by atoms with Gasteiger partial charge in [-0.3, -0.25) is 13.9 Å². The number of aryl methyl sites for hydroxylation is 2. The second-order valence-electron chi connectivity index (χ2n) is 9.71. The molecule has 0 aliphatic rings. The Labute approximate surface area is 247 Å². The first kappa shape index (κ1) is 31.5. The molecule has 7 nitrogen and oxygen atoms in total. The molecule has 0 saturated heterocycles. The number of benzene rings is 3. The first-order valence-corrected chi connectivity index (χ1v) is 15.3. The Hall–Kier alpha value is -3.07. The van der Waals surface area contributed by atoms with Gasteiger partial charge in [-0.05, 0) is 69.2 Å². The summed E-state index contributed by atoms with van der Waals surface area (Å²) in [5, 5.41) is 3.54. The Kier molecular flexibility index (Phi) is 11.0. The molecule has 0 spiro atoms.